The Hall–Kier alpha value is -2.64. The number of aliphatic imine (C=N–C) groups is 1. The second-order valence-corrected chi connectivity index (χ2v) is 5.91. The van der Waals surface area contributed by atoms with Gasteiger partial charge in [0.2, 0.25) is 0 Å². The number of allylic oxidation sites excluding steroid dienone is 1. The average Bonchev–Trinajstić information content (AvgIpc) is 2.72. The van der Waals surface area contributed by atoms with Gasteiger partial charge in [-0.1, -0.05) is 49.1 Å². The van der Waals surface area contributed by atoms with E-state index in [1.807, 2.05) is 42.5 Å². The second-order valence-electron chi connectivity index (χ2n) is 5.91. The SMILES string of the molecule is C=Cc1ccc(C/C=C/c2ccc(C[C@@H](COOC)NO)cc2)nc1N=C. The number of nitrogens with one attached hydrogen (secondary N) is 1. The van der Waals surface area contributed by atoms with Gasteiger partial charge in [-0.15, -0.1) is 0 Å². The van der Waals surface area contributed by atoms with Gasteiger partial charge in [0.1, 0.15) is 6.61 Å². The summed E-state index contributed by atoms with van der Waals surface area (Å²) in [7, 11) is 1.44. The monoisotopic (exact) mass is 367 g/mol. The summed E-state index contributed by atoms with van der Waals surface area (Å²) in [6.07, 6.45) is 7.15. The molecule has 0 aliphatic heterocycles. The van der Waals surface area contributed by atoms with E-state index in [4.69, 9.17) is 10.1 Å². The molecule has 0 unspecified atom stereocenters. The maximum Gasteiger partial charge on any atom is 0.158 e. The van der Waals surface area contributed by atoms with E-state index in [9.17, 15) is 0 Å². The highest BCUT2D eigenvalue weighted by molar-refractivity contribution is 5.61. The predicted molar refractivity (Wildman–Crippen MR) is 108 cm³/mol. The minimum absolute atomic E-state index is 0.233. The van der Waals surface area contributed by atoms with Crippen LogP contribution in [-0.4, -0.2) is 36.7 Å². The maximum absolute atomic E-state index is 9.14. The molecule has 6 heteroatoms. The molecule has 142 valence electrons. The van der Waals surface area contributed by atoms with Gasteiger partial charge >= 0.3 is 0 Å². The lowest BCUT2D eigenvalue weighted by atomic mass is 10.0. The Bertz CT molecular complexity index is 773. The number of hydrogen-bond donors (Lipinski definition) is 2. The van der Waals surface area contributed by atoms with Crippen molar-refractivity contribution in [1.29, 1.82) is 0 Å². The van der Waals surface area contributed by atoms with E-state index in [0.29, 0.717) is 18.7 Å². The van der Waals surface area contributed by atoms with Gasteiger partial charge in [0.25, 0.3) is 0 Å². The maximum atomic E-state index is 9.14. The Morgan fingerprint density at radius 3 is 2.67 bits per heavy atom. The van der Waals surface area contributed by atoms with Gasteiger partial charge in [-0.2, -0.15) is 5.48 Å². The lowest BCUT2D eigenvalue weighted by molar-refractivity contribution is -0.278. The molecule has 2 rings (SSSR count). The molecule has 0 saturated heterocycles. The summed E-state index contributed by atoms with van der Waals surface area (Å²) < 4.78 is 0. The van der Waals surface area contributed by atoms with Crippen LogP contribution in [0.4, 0.5) is 5.82 Å². The van der Waals surface area contributed by atoms with Gasteiger partial charge in [-0.3, -0.25) is 0 Å². The molecule has 27 heavy (non-hydrogen) atoms. The first-order valence-electron chi connectivity index (χ1n) is 8.60. The van der Waals surface area contributed by atoms with Gasteiger partial charge in [0.05, 0.1) is 13.2 Å². The summed E-state index contributed by atoms with van der Waals surface area (Å²) in [5, 5.41) is 9.14. The third-order valence-electron chi connectivity index (χ3n) is 4.00. The highest BCUT2D eigenvalue weighted by Gasteiger charge is 2.09. The number of nitrogens with zero attached hydrogens (tertiary/aromatic N) is 2. The fourth-order valence-electron chi connectivity index (χ4n) is 2.56. The lowest BCUT2D eigenvalue weighted by Crippen LogP contribution is -2.32. The fourth-order valence-corrected chi connectivity index (χ4v) is 2.56. The first-order valence-corrected chi connectivity index (χ1v) is 8.60. The van der Waals surface area contributed by atoms with Crippen molar-refractivity contribution < 1.29 is 15.0 Å². The highest BCUT2D eigenvalue weighted by atomic mass is 17.2. The molecule has 1 atom stereocenters. The van der Waals surface area contributed by atoms with E-state index in [1.54, 1.807) is 6.08 Å². The van der Waals surface area contributed by atoms with Crippen molar-refractivity contribution in [1.82, 2.24) is 10.5 Å². The molecule has 6 nitrogen and oxygen atoms in total. The fraction of sp³-hybridized carbons (Fsp3) is 0.238. The van der Waals surface area contributed by atoms with Crippen LogP contribution in [0.2, 0.25) is 0 Å². The van der Waals surface area contributed by atoms with Crippen LogP contribution in [0.5, 0.6) is 0 Å². The van der Waals surface area contributed by atoms with E-state index >= 15 is 0 Å². The molecule has 0 spiro atoms. The number of pyridine rings is 1. The zero-order chi connectivity index (χ0) is 19.5. The van der Waals surface area contributed by atoms with Crippen LogP contribution < -0.4 is 5.48 Å². The molecule has 1 heterocycles. The molecule has 0 bridgehead atoms. The van der Waals surface area contributed by atoms with E-state index in [0.717, 1.165) is 22.4 Å². The molecule has 0 fully saturated rings. The molecule has 1 aromatic carbocycles. The Labute approximate surface area is 159 Å². The van der Waals surface area contributed by atoms with Crippen molar-refractivity contribution >= 4 is 24.7 Å². The number of hydroxylamine groups is 1. The van der Waals surface area contributed by atoms with Crippen LogP contribution in [0.15, 0.2) is 54.0 Å². The molecule has 0 saturated carbocycles. The van der Waals surface area contributed by atoms with Crippen molar-refractivity contribution in [2.24, 2.45) is 4.99 Å². The van der Waals surface area contributed by atoms with E-state index in [1.165, 1.54) is 7.11 Å². The van der Waals surface area contributed by atoms with Gasteiger partial charge in [-0.25, -0.2) is 19.8 Å². The van der Waals surface area contributed by atoms with Crippen molar-refractivity contribution in [2.45, 2.75) is 18.9 Å². The summed E-state index contributed by atoms with van der Waals surface area (Å²) in [4.78, 5) is 17.8. The average molecular weight is 367 g/mol. The summed E-state index contributed by atoms with van der Waals surface area (Å²) in [6, 6.07) is 11.8. The van der Waals surface area contributed by atoms with Crippen molar-refractivity contribution in [3.05, 3.63) is 71.4 Å². The standard InChI is InChI=1S/C21H25N3O3/c1-4-18-12-13-19(23-21(18)22-2)7-5-6-16-8-10-17(11-9-16)14-20(24-25)15-27-26-3/h4-6,8-13,20,24-25H,1-2,7,14-15H2,3H3/b6-5+/t20-/m0/s1. The van der Waals surface area contributed by atoms with Crippen molar-refractivity contribution in [2.75, 3.05) is 13.7 Å². The highest BCUT2D eigenvalue weighted by Crippen LogP contribution is 2.18. The molecular formula is C21H25N3O3. The molecule has 0 radical (unpaired) electrons. The molecule has 0 amide bonds. The van der Waals surface area contributed by atoms with Gasteiger partial charge < -0.3 is 5.21 Å². The number of aromatic nitrogens is 1. The number of benzene rings is 1. The molecular weight excluding hydrogens is 342 g/mol. The van der Waals surface area contributed by atoms with Crippen molar-refractivity contribution in [3.63, 3.8) is 0 Å². The quantitative estimate of drug-likeness (QED) is 0.359. The first kappa shape index (κ1) is 20.7. The van der Waals surface area contributed by atoms with Crippen molar-refractivity contribution in [3.8, 4) is 0 Å². The zero-order valence-corrected chi connectivity index (χ0v) is 15.5. The molecule has 2 N–H and O–H groups in total. The summed E-state index contributed by atoms with van der Waals surface area (Å²) in [6.45, 7) is 7.55. The Morgan fingerprint density at radius 2 is 2.04 bits per heavy atom. The Kier molecular flexibility index (Phi) is 8.54. The zero-order valence-electron chi connectivity index (χ0n) is 15.5. The predicted octanol–water partition coefficient (Wildman–Crippen LogP) is 3.78. The lowest BCUT2D eigenvalue weighted by Gasteiger charge is -2.13. The molecule has 0 aliphatic carbocycles. The van der Waals surface area contributed by atoms with Gasteiger partial charge in [-0.05, 0) is 36.4 Å². The largest absolute Gasteiger partial charge is 0.316 e. The third-order valence-corrected chi connectivity index (χ3v) is 4.00. The smallest absolute Gasteiger partial charge is 0.158 e. The van der Waals surface area contributed by atoms with Crippen LogP contribution in [0.3, 0.4) is 0 Å². The second kappa shape index (κ2) is 11.2. The van der Waals surface area contributed by atoms with E-state index in [2.05, 4.69) is 39.7 Å². The summed E-state index contributed by atoms with van der Waals surface area (Å²) in [5.41, 5.74) is 6.20. The van der Waals surface area contributed by atoms with E-state index in [-0.39, 0.29) is 12.6 Å². The first-order chi connectivity index (χ1) is 13.2. The Morgan fingerprint density at radius 1 is 1.26 bits per heavy atom. The van der Waals surface area contributed by atoms with Crippen LogP contribution in [0, 0.1) is 0 Å². The third kappa shape index (κ3) is 6.54. The minimum Gasteiger partial charge on any atom is -0.316 e. The van der Waals surface area contributed by atoms with E-state index < -0.39 is 0 Å². The van der Waals surface area contributed by atoms with Crippen LogP contribution >= 0.6 is 0 Å². The number of rotatable bonds is 11. The summed E-state index contributed by atoms with van der Waals surface area (Å²) >= 11 is 0. The molecule has 1 aromatic heterocycles. The minimum atomic E-state index is -0.233. The van der Waals surface area contributed by atoms with Crippen LogP contribution in [0.25, 0.3) is 12.2 Å². The van der Waals surface area contributed by atoms with Gasteiger partial charge in [0, 0.05) is 17.7 Å². The summed E-state index contributed by atoms with van der Waals surface area (Å²) in [5.74, 6) is 0.602. The van der Waals surface area contributed by atoms with Crippen LogP contribution in [0.1, 0.15) is 22.4 Å². The normalized spacial score (nSPS) is 12.2. The molecule has 2 aromatic rings. The topological polar surface area (TPSA) is 76.0 Å². The Balaban J connectivity index is 1.94. The number of hydrogen-bond acceptors (Lipinski definition) is 6. The van der Waals surface area contributed by atoms with Gasteiger partial charge in [0.15, 0.2) is 5.82 Å². The molecule has 0 aliphatic rings. The van der Waals surface area contributed by atoms with Crippen LogP contribution in [-0.2, 0) is 22.6 Å².